The van der Waals surface area contributed by atoms with Gasteiger partial charge in [0.05, 0.1) is 0 Å². The third-order valence-corrected chi connectivity index (χ3v) is 3.97. The van der Waals surface area contributed by atoms with Crippen LogP contribution in [0, 0.1) is 11.7 Å². The maximum atomic E-state index is 14.4. The van der Waals surface area contributed by atoms with E-state index in [0.717, 1.165) is 0 Å². The molecule has 2 rings (SSSR count). The maximum Gasteiger partial charge on any atom is 0.345 e. The van der Waals surface area contributed by atoms with Crippen molar-refractivity contribution in [3.8, 4) is 0 Å². The molecular weight excluding hydrogens is 349 g/mol. The van der Waals surface area contributed by atoms with E-state index in [1.807, 2.05) is 0 Å². The fourth-order valence-electron chi connectivity index (χ4n) is 2.59. The Labute approximate surface area is 149 Å². The van der Waals surface area contributed by atoms with Crippen LogP contribution in [0.4, 0.5) is 13.2 Å². The number of rotatable bonds is 7. The quantitative estimate of drug-likeness (QED) is 0.799. The molecule has 1 aliphatic rings. The van der Waals surface area contributed by atoms with Gasteiger partial charge in [0.25, 0.3) is 6.02 Å². The van der Waals surface area contributed by atoms with Crippen LogP contribution in [-0.4, -0.2) is 25.0 Å². The molecule has 1 aromatic carbocycles. The van der Waals surface area contributed by atoms with E-state index < -0.39 is 24.6 Å². The van der Waals surface area contributed by atoms with Crippen molar-refractivity contribution in [2.24, 2.45) is 16.6 Å². The standard InChI is InChI=1S/C18H21F3N2O3/c1-10(2)15(24)7-11-4-5-14(19)13(6-11)18(3)8-12(9-25-16(20)21)26-17(22)23-18/h4-6,8,10,16H,7,9H2,1-3H3,(H2,22,23)/t18-/m0/s1. The summed E-state index contributed by atoms with van der Waals surface area (Å²) in [6.45, 7) is 1.63. The number of hydrogen-bond donors (Lipinski definition) is 1. The van der Waals surface area contributed by atoms with Crippen molar-refractivity contribution >= 4 is 11.8 Å². The first kappa shape index (κ1) is 20.0. The Bertz CT molecular complexity index is 747. The van der Waals surface area contributed by atoms with E-state index in [9.17, 15) is 18.0 Å². The van der Waals surface area contributed by atoms with Crippen molar-refractivity contribution in [3.63, 3.8) is 0 Å². The number of nitrogens with two attached hydrogens (primary N) is 1. The van der Waals surface area contributed by atoms with Crippen LogP contribution >= 0.6 is 0 Å². The summed E-state index contributed by atoms with van der Waals surface area (Å²) in [5.41, 5.74) is 5.13. The Kier molecular flexibility index (Phi) is 6.07. The summed E-state index contributed by atoms with van der Waals surface area (Å²) in [6, 6.07) is 4.01. The Morgan fingerprint density at radius 1 is 1.38 bits per heavy atom. The predicted octanol–water partition coefficient (Wildman–Crippen LogP) is 3.28. The lowest BCUT2D eigenvalue weighted by Gasteiger charge is -2.28. The molecule has 1 aromatic rings. The zero-order valence-corrected chi connectivity index (χ0v) is 14.8. The minimum Gasteiger partial charge on any atom is -0.429 e. The molecule has 2 N–H and O–H groups in total. The monoisotopic (exact) mass is 370 g/mol. The van der Waals surface area contributed by atoms with Crippen LogP contribution in [-0.2, 0) is 26.2 Å². The number of alkyl halides is 2. The summed E-state index contributed by atoms with van der Waals surface area (Å²) in [5.74, 6) is -0.682. The fraction of sp³-hybridized carbons (Fsp3) is 0.444. The van der Waals surface area contributed by atoms with Gasteiger partial charge in [-0.2, -0.15) is 8.78 Å². The highest BCUT2D eigenvalue weighted by atomic mass is 19.3. The summed E-state index contributed by atoms with van der Waals surface area (Å²) >= 11 is 0. The number of carbonyl (C=O) groups excluding carboxylic acids is 1. The number of hydrogen-bond acceptors (Lipinski definition) is 5. The van der Waals surface area contributed by atoms with E-state index in [4.69, 9.17) is 10.5 Å². The van der Waals surface area contributed by atoms with E-state index in [1.54, 1.807) is 20.8 Å². The second-order valence-electron chi connectivity index (χ2n) is 6.49. The van der Waals surface area contributed by atoms with E-state index in [2.05, 4.69) is 9.73 Å². The molecule has 8 heteroatoms. The number of ketones is 1. The van der Waals surface area contributed by atoms with Crippen LogP contribution in [0.2, 0.25) is 0 Å². The third kappa shape index (κ3) is 4.85. The van der Waals surface area contributed by atoms with Crippen LogP contribution in [0.25, 0.3) is 0 Å². The number of halogens is 3. The molecule has 0 unspecified atom stereocenters. The lowest BCUT2D eigenvalue weighted by Crippen LogP contribution is -2.32. The molecule has 1 atom stereocenters. The molecule has 0 bridgehead atoms. The van der Waals surface area contributed by atoms with Crippen LogP contribution in [0.5, 0.6) is 0 Å². The molecule has 1 heterocycles. The molecule has 26 heavy (non-hydrogen) atoms. The largest absolute Gasteiger partial charge is 0.429 e. The number of aliphatic imine (C=N–C) groups is 1. The van der Waals surface area contributed by atoms with Crippen molar-refractivity contribution in [1.82, 2.24) is 0 Å². The molecule has 0 spiro atoms. The average Bonchev–Trinajstić information content (AvgIpc) is 2.53. The van der Waals surface area contributed by atoms with E-state index in [0.29, 0.717) is 5.56 Å². The molecule has 1 aliphatic heterocycles. The summed E-state index contributed by atoms with van der Waals surface area (Å²) in [7, 11) is 0. The van der Waals surface area contributed by atoms with Gasteiger partial charge in [-0.1, -0.05) is 19.9 Å². The SMILES string of the molecule is CC(C)C(=O)Cc1ccc(F)c([C@]2(C)C=C(COC(F)F)OC(N)=N2)c1. The second kappa shape index (κ2) is 7.90. The number of benzene rings is 1. The first-order chi connectivity index (χ1) is 12.1. The Hall–Kier alpha value is -2.35. The van der Waals surface area contributed by atoms with Crippen molar-refractivity contribution in [2.75, 3.05) is 6.61 Å². The van der Waals surface area contributed by atoms with Gasteiger partial charge in [-0.25, -0.2) is 9.38 Å². The zero-order chi connectivity index (χ0) is 19.5. The molecule has 142 valence electrons. The van der Waals surface area contributed by atoms with Crippen molar-refractivity contribution < 1.29 is 27.4 Å². The highest BCUT2D eigenvalue weighted by Crippen LogP contribution is 2.34. The van der Waals surface area contributed by atoms with Gasteiger partial charge in [0.15, 0.2) is 0 Å². The number of amidine groups is 1. The molecule has 0 amide bonds. The summed E-state index contributed by atoms with van der Waals surface area (Å²) in [5, 5.41) is 0. The topological polar surface area (TPSA) is 73.9 Å². The lowest BCUT2D eigenvalue weighted by atomic mass is 9.88. The van der Waals surface area contributed by atoms with Crippen molar-refractivity contribution in [3.05, 3.63) is 47.0 Å². The van der Waals surface area contributed by atoms with Gasteiger partial charge in [0.2, 0.25) is 0 Å². The van der Waals surface area contributed by atoms with Gasteiger partial charge in [-0.3, -0.25) is 4.79 Å². The Morgan fingerprint density at radius 2 is 2.08 bits per heavy atom. The fourth-order valence-corrected chi connectivity index (χ4v) is 2.59. The molecule has 0 aromatic heterocycles. The molecule has 0 aliphatic carbocycles. The van der Waals surface area contributed by atoms with Gasteiger partial charge in [-0.15, -0.1) is 0 Å². The van der Waals surface area contributed by atoms with Crippen molar-refractivity contribution in [2.45, 2.75) is 39.3 Å². The first-order valence-corrected chi connectivity index (χ1v) is 8.07. The maximum absolute atomic E-state index is 14.4. The highest BCUT2D eigenvalue weighted by Gasteiger charge is 2.32. The van der Waals surface area contributed by atoms with E-state index >= 15 is 0 Å². The van der Waals surface area contributed by atoms with Gasteiger partial charge in [0.1, 0.15) is 29.5 Å². The molecular formula is C18H21F3N2O3. The number of carbonyl (C=O) groups is 1. The Morgan fingerprint density at radius 3 is 2.69 bits per heavy atom. The highest BCUT2D eigenvalue weighted by molar-refractivity contribution is 5.82. The number of Topliss-reactive ketones (excluding diaryl/α,β-unsaturated/α-hetero) is 1. The first-order valence-electron chi connectivity index (χ1n) is 8.07. The van der Waals surface area contributed by atoms with E-state index in [1.165, 1.54) is 24.3 Å². The molecule has 0 radical (unpaired) electrons. The minimum absolute atomic E-state index is 0.00311. The number of ether oxygens (including phenoxy) is 2. The Balaban J connectivity index is 2.37. The van der Waals surface area contributed by atoms with E-state index in [-0.39, 0.29) is 35.5 Å². The minimum atomic E-state index is -2.98. The smallest absolute Gasteiger partial charge is 0.345 e. The van der Waals surface area contributed by atoms with Gasteiger partial charge < -0.3 is 15.2 Å². The predicted molar refractivity (Wildman–Crippen MR) is 90.0 cm³/mol. The molecule has 0 saturated heterocycles. The molecule has 0 saturated carbocycles. The van der Waals surface area contributed by atoms with Crippen LogP contribution in [0.15, 0.2) is 35.0 Å². The summed E-state index contributed by atoms with van der Waals surface area (Å²) in [6.07, 6.45) is 1.53. The summed E-state index contributed by atoms with van der Waals surface area (Å²) < 4.78 is 48.2. The van der Waals surface area contributed by atoms with Gasteiger partial charge in [-0.05, 0) is 30.7 Å². The number of nitrogens with zero attached hydrogens (tertiary/aromatic N) is 1. The third-order valence-electron chi connectivity index (χ3n) is 3.97. The van der Waals surface area contributed by atoms with Gasteiger partial charge in [0, 0.05) is 17.9 Å². The lowest BCUT2D eigenvalue weighted by molar-refractivity contribution is -0.126. The molecule has 5 nitrogen and oxygen atoms in total. The van der Waals surface area contributed by atoms with Gasteiger partial charge >= 0.3 is 6.61 Å². The average molecular weight is 370 g/mol. The second-order valence-corrected chi connectivity index (χ2v) is 6.49. The normalized spacial score (nSPS) is 20.0. The van der Waals surface area contributed by atoms with Crippen LogP contribution < -0.4 is 5.73 Å². The van der Waals surface area contributed by atoms with Crippen molar-refractivity contribution in [1.29, 1.82) is 0 Å². The zero-order valence-electron chi connectivity index (χ0n) is 14.8. The molecule has 0 fully saturated rings. The van der Waals surface area contributed by atoms with Crippen LogP contribution in [0.3, 0.4) is 0 Å². The van der Waals surface area contributed by atoms with Crippen LogP contribution in [0.1, 0.15) is 31.9 Å². The summed E-state index contributed by atoms with van der Waals surface area (Å²) in [4.78, 5) is 16.1.